The molecule has 0 aliphatic carbocycles. The number of rotatable bonds is 5. The number of carbonyl (C=O) groups is 2. The Morgan fingerprint density at radius 1 is 1.20 bits per heavy atom. The van der Waals surface area contributed by atoms with Crippen LogP contribution in [-0.2, 0) is 14.3 Å². The van der Waals surface area contributed by atoms with Gasteiger partial charge in [0.2, 0.25) is 11.8 Å². The summed E-state index contributed by atoms with van der Waals surface area (Å²) in [6.07, 6.45) is 5.28. The highest BCUT2D eigenvalue weighted by molar-refractivity contribution is 5.97. The summed E-state index contributed by atoms with van der Waals surface area (Å²) in [5.41, 5.74) is 0. The fourth-order valence-electron chi connectivity index (χ4n) is 1.93. The van der Waals surface area contributed by atoms with Crippen molar-refractivity contribution in [2.45, 2.75) is 44.6 Å². The third-order valence-corrected chi connectivity index (χ3v) is 2.94. The van der Waals surface area contributed by atoms with Gasteiger partial charge in [-0.05, 0) is 25.7 Å². The molecule has 2 fully saturated rings. The quantitative estimate of drug-likeness (QED) is 0.388. The van der Waals surface area contributed by atoms with Crippen molar-refractivity contribution in [1.82, 2.24) is 4.90 Å². The number of epoxide rings is 1. The van der Waals surface area contributed by atoms with Gasteiger partial charge in [-0.25, -0.2) is 0 Å². The zero-order valence-electron chi connectivity index (χ0n) is 8.91. The van der Waals surface area contributed by atoms with Crippen LogP contribution in [0.5, 0.6) is 0 Å². The topological polar surface area (TPSA) is 49.9 Å². The highest BCUT2D eigenvalue weighted by Gasteiger charge is 2.26. The Morgan fingerprint density at radius 3 is 2.47 bits per heavy atom. The summed E-state index contributed by atoms with van der Waals surface area (Å²) in [7, 11) is 0. The Labute approximate surface area is 89.6 Å². The van der Waals surface area contributed by atoms with Crippen molar-refractivity contribution < 1.29 is 14.3 Å². The van der Waals surface area contributed by atoms with E-state index in [0.717, 1.165) is 32.3 Å². The molecule has 1 unspecified atom stereocenters. The molecule has 0 bridgehead atoms. The number of carbonyl (C=O) groups excluding carboxylic acids is 2. The number of unbranched alkanes of at least 4 members (excludes halogenated alkanes) is 1. The van der Waals surface area contributed by atoms with Gasteiger partial charge in [-0.1, -0.05) is 0 Å². The van der Waals surface area contributed by atoms with Crippen LogP contribution in [0.15, 0.2) is 0 Å². The number of likely N-dealkylation sites (tertiary alicyclic amines) is 1. The monoisotopic (exact) mass is 211 g/mol. The molecule has 1 atom stereocenters. The number of imide groups is 1. The number of hydrogen-bond donors (Lipinski definition) is 0. The van der Waals surface area contributed by atoms with Crippen LogP contribution in [0.3, 0.4) is 0 Å². The predicted octanol–water partition coefficient (Wildman–Crippen LogP) is 1.09. The Kier molecular flexibility index (Phi) is 3.36. The van der Waals surface area contributed by atoms with E-state index in [1.807, 2.05) is 0 Å². The zero-order valence-corrected chi connectivity index (χ0v) is 8.91. The van der Waals surface area contributed by atoms with E-state index in [4.69, 9.17) is 4.74 Å². The van der Waals surface area contributed by atoms with E-state index < -0.39 is 0 Å². The van der Waals surface area contributed by atoms with Crippen LogP contribution in [0.25, 0.3) is 0 Å². The van der Waals surface area contributed by atoms with Gasteiger partial charge in [0.15, 0.2) is 0 Å². The van der Waals surface area contributed by atoms with Crippen LogP contribution < -0.4 is 0 Å². The Hall–Kier alpha value is -0.900. The van der Waals surface area contributed by atoms with E-state index >= 15 is 0 Å². The molecule has 4 heteroatoms. The number of ether oxygens (including phenoxy) is 1. The van der Waals surface area contributed by atoms with Gasteiger partial charge < -0.3 is 4.74 Å². The maximum atomic E-state index is 11.4. The van der Waals surface area contributed by atoms with Crippen LogP contribution >= 0.6 is 0 Å². The van der Waals surface area contributed by atoms with Crippen molar-refractivity contribution in [3.8, 4) is 0 Å². The molecule has 2 aliphatic heterocycles. The van der Waals surface area contributed by atoms with Crippen LogP contribution in [0.1, 0.15) is 38.5 Å². The Balaban J connectivity index is 1.66. The molecule has 2 aliphatic rings. The molecular weight excluding hydrogens is 194 g/mol. The molecule has 2 saturated heterocycles. The molecule has 2 rings (SSSR count). The van der Waals surface area contributed by atoms with Crippen molar-refractivity contribution in [3.63, 3.8) is 0 Å². The Bertz CT molecular complexity index is 245. The molecule has 4 nitrogen and oxygen atoms in total. The fourth-order valence-corrected chi connectivity index (χ4v) is 1.93. The number of piperidine rings is 1. The Morgan fingerprint density at radius 2 is 1.87 bits per heavy atom. The first-order valence-electron chi connectivity index (χ1n) is 5.72. The first-order valence-corrected chi connectivity index (χ1v) is 5.72. The van der Waals surface area contributed by atoms with Gasteiger partial charge in [-0.2, -0.15) is 0 Å². The van der Waals surface area contributed by atoms with Gasteiger partial charge in [-0.3, -0.25) is 14.5 Å². The smallest absolute Gasteiger partial charge is 0.229 e. The van der Waals surface area contributed by atoms with Crippen LogP contribution in [0, 0.1) is 0 Å². The van der Waals surface area contributed by atoms with Gasteiger partial charge in [0.25, 0.3) is 0 Å². The third-order valence-electron chi connectivity index (χ3n) is 2.94. The number of nitrogens with zero attached hydrogens (tertiary/aromatic N) is 1. The summed E-state index contributed by atoms with van der Waals surface area (Å²) in [5.74, 6) is 0.0165. The molecule has 15 heavy (non-hydrogen) atoms. The second kappa shape index (κ2) is 4.75. The van der Waals surface area contributed by atoms with Crippen molar-refractivity contribution in [2.24, 2.45) is 0 Å². The summed E-state index contributed by atoms with van der Waals surface area (Å²) in [4.78, 5) is 24.3. The van der Waals surface area contributed by atoms with Crippen molar-refractivity contribution in [2.75, 3.05) is 13.2 Å². The highest BCUT2D eigenvalue weighted by Crippen LogP contribution is 2.18. The van der Waals surface area contributed by atoms with Crippen LogP contribution in [0.4, 0.5) is 0 Å². The summed E-state index contributed by atoms with van der Waals surface area (Å²) >= 11 is 0. The lowest BCUT2D eigenvalue weighted by Crippen LogP contribution is -2.40. The van der Waals surface area contributed by atoms with E-state index in [-0.39, 0.29) is 11.8 Å². The molecule has 0 radical (unpaired) electrons. The average molecular weight is 211 g/mol. The summed E-state index contributed by atoms with van der Waals surface area (Å²) < 4.78 is 5.10. The highest BCUT2D eigenvalue weighted by atomic mass is 16.6. The van der Waals surface area contributed by atoms with Gasteiger partial charge in [-0.15, -0.1) is 0 Å². The molecule has 0 spiro atoms. The first kappa shape index (κ1) is 10.6. The second-order valence-electron chi connectivity index (χ2n) is 4.24. The number of hydrogen-bond acceptors (Lipinski definition) is 3. The lowest BCUT2D eigenvalue weighted by Gasteiger charge is -2.24. The van der Waals surface area contributed by atoms with E-state index in [1.54, 1.807) is 0 Å². The lowest BCUT2D eigenvalue weighted by atomic mass is 10.1. The normalized spacial score (nSPS) is 25.9. The molecule has 0 aromatic heterocycles. The summed E-state index contributed by atoms with van der Waals surface area (Å²) in [5, 5.41) is 0. The molecular formula is C11H17NO3. The molecule has 2 heterocycles. The van der Waals surface area contributed by atoms with Crippen LogP contribution in [-0.4, -0.2) is 36.0 Å². The van der Waals surface area contributed by atoms with Crippen molar-refractivity contribution in [1.29, 1.82) is 0 Å². The van der Waals surface area contributed by atoms with Crippen molar-refractivity contribution >= 4 is 11.8 Å². The zero-order chi connectivity index (χ0) is 10.7. The second-order valence-corrected chi connectivity index (χ2v) is 4.24. The largest absolute Gasteiger partial charge is 0.373 e. The number of amides is 2. The molecule has 0 saturated carbocycles. The average Bonchev–Trinajstić information content (AvgIpc) is 3.00. The molecule has 2 amide bonds. The SMILES string of the molecule is O=C1CCCC(=O)N1CCCCC1CO1. The fraction of sp³-hybridized carbons (Fsp3) is 0.818. The minimum absolute atomic E-state index is 0.00826. The van der Waals surface area contributed by atoms with Crippen LogP contribution in [0.2, 0.25) is 0 Å². The predicted molar refractivity (Wildman–Crippen MR) is 54.2 cm³/mol. The minimum Gasteiger partial charge on any atom is -0.373 e. The van der Waals surface area contributed by atoms with Crippen molar-refractivity contribution in [3.05, 3.63) is 0 Å². The maximum absolute atomic E-state index is 11.4. The standard InChI is InChI=1S/C11H17NO3/c13-10-5-3-6-11(14)12(10)7-2-1-4-9-8-15-9/h9H,1-8H2. The summed E-state index contributed by atoms with van der Waals surface area (Å²) in [6.45, 7) is 1.49. The maximum Gasteiger partial charge on any atom is 0.229 e. The molecule has 0 aromatic carbocycles. The van der Waals surface area contributed by atoms with Gasteiger partial charge in [0, 0.05) is 19.4 Å². The summed E-state index contributed by atoms with van der Waals surface area (Å²) in [6, 6.07) is 0. The molecule has 0 N–H and O–H groups in total. The minimum atomic E-state index is 0.00826. The van der Waals surface area contributed by atoms with E-state index in [1.165, 1.54) is 4.90 Å². The van der Waals surface area contributed by atoms with E-state index in [2.05, 4.69) is 0 Å². The lowest BCUT2D eigenvalue weighted by molar-refractivity contribution is -0.147. The third kappa shape index (κ3) is 3.02. The van der Waals surface area contributed by atoms with Gasteiger partial charge in [0.05, 0.1) is 12.7 Å². The van der Waals surface area contributed by atoms with E-state index in [9.17, 15) is 9.59 Å². The first-order chi connectivity index (χ1) is 7.27. The molecule has 0 aromatic rings. The van der Waals surface area contributed by atoms with Gasteiger partial charge >= 0.3 is 0 Å². The molecule has 84 valence electrons. The van der Waals surface area contributed by atoms with E-state index in [0.29, 0.717) is 25.5 Å². The van der Waals surface area contributed by atoms with Gasteiger partial charge in [0.1, 0.15) is 0 Å².